The van der Waals surface area contributed by atoms with Gasteiger partial charge in [0.2, 0.25) is 35.3 Å². The summed E-state index contributed by atoms with van der Waals surface area (Å²) in [4.78, 5) is -0.276. The number of benzene rings is 6. The highest BCUT2D eigenvalue weighted by molar-refractivity contribution is 7.92. The normalized spacial score (nSPS) is 11.8. The Hall–Kier alpha value is -6.03. The Labute approximate surface area is 331 Å². The van der Waals surface area contributed by atoms with Crippen molar-refractivity contribution in [1.82, 2.24) is 0 Å². The molecule has 0 aliphatic rings. The summed E-state index contributed by atoms with van der Waals surface area (Å²) in [5.74, 6) is 0.751. The van der Waals surface area contributed by atoms with Crippen molar-refractivity contribution in [3.05, 3.63) is 133 Å². The highest BCUT2D eigenvalue weighted by Crippen LogP contribution is 2.46. The van der Waals surface area contributed by atoms with Crippen molar-refractivity contribution < 1.29 is 54.4 Å². The standard InChI is InChI=1S/C42H38O12S3/c1-3-5-28-52-39-26-27-40(42(51-4-2)41(39)54-33-14-22-37(23-15-33)56(47,48)35-18-8-30(44)9-19-35)57(49,50)38-24-12-32(13-25-38)53-31-10-20-36(21-11-31)55(45,46)34-16-6-29(43)7-17-34/h6-27,43-44H,3-5,28H2,1-2H3. The third-order valence-electron chi connectivity index (χ3n) is 8.53. The largest absolute Gasteiger partial charge is 0.508 e. The Morgan fingerprint density at radius 1 is 0.439 bits per heavy atom. The van der Waals surface area contributed by atoms with E-state index in [0.29, 0.717) is 18.8 Å². The van der Waals surface area contributed by atoms with Gasteiger partial charge in [-0.15, -0.1) is 0 Å². The summed E-state index contributed by atoms with van der Waals surface area (Å²) >= 11 is 0. The lowest BCUT2D eigenvalue weighted by Crippen LogP contribution is -2.09. The average Bonchev–Trinajstić information content (AvgIpc) is 3.20. The van der Waals surface area contributed by atoms with E-state index >= 15 is 0 Å². The maximum absolute atomic E-state index is 14.2. The molecule has 0 radical (unpaired) electrons. The minimum absolute atomic E-state index is 0.00817. The van der Waals surface area contributed by atoms with E-state index in [1.54, 1.807) is 6.92 Å². The highest BCUT2D eigenvalue weighted by Gasteiger charge is 2.29. The number of aromatic hydroxyl groups is 2. The monoisotopic (exact) mass is 830 g/mol. The Bertz CT molecular complexity index is 2660. The van der Waals surface area contributed by atoms with E-state index in [1.807, 2.05) is 6.92 Å². The number of rotatable bonds is 16. The maximum Gasteiger partial charge on any atom is 0.212 e. The van der Waals surface area contributed by atoms with E-state index in [4.69, 9.17) is 18.9 Å². The lowest BCUT2D eigenvalue weighted by Gasteiger charge is -2.19. The van der Waals surface area contributed by atoms with Crippen LogP contribution in [0.1, 0.15) is 26.7 Å². The van der Waals surface area contributed by atoms with Crippen LogP contribution >= 0.6 is 0 Å². The molecule has 0 saturated carbocycles. The number of hydrogen-bond acceptors (Lipinski definition) is 12. The first kappa shape index (κ1) is 40.6. The summed E-state index contributed by atoms with van der Waals surface area (Å²) in [7, 11) is -12.0. The number of unbranched alkanes of at least 4 members (excludes halogenated alkanes) is 1. The van der Waals surface area contributed by atoms with Crippen LogP contribution < -0.4 is 18.9 Å². The summed E-state index contributed by atoms with van der Waals surface area (Å²) < 4.78 is 105. The molecule has 0 amide bonds. The van der Waals surface area contributed by atoms with Crippen LogP contribution in [0.5, 0.6) is 46.0 Å². The van der Waals surface area contributed by atoms with E-state index in [2.05, 4.69) is 0 Å². The Morgan fingerprint density at radius 3 is 1.23 bits per heavy atom. The highest BCUT2D eigenvalue weighted by atomic mass is 32.2. The lowest BCUT2D eigenvalue weighted by atomic mass is 10.2. The molecule has 0 saturated heterocycles. The molecule has 0 spiro atoms. The minimum Gasteiger partial charge on any atom is -0.508 e. The summed E-state index contributed by atoms with van der Waals surface area (Å²) in [6, 6.07) is 30.1. The third-order valence-corrected chi connectivity index (χ3v) is 13.9. The van der Waals surface area contributed by atoms with Gasteiger partial charge in [-0.1, -0.05) is 13.3 Å². The quantitative estimate of drug-likeness (QED) is 0.0887. The zero-order valence-electron chi connectivity index (χ0n) is 30.7. The first-order chi connectivity index (χ1) is 27.2. The number of phenols is 2. The van der Waals surface area contributed by atoms with Gasteiger partial charge in [0.1, 0.15) is 33.6 Å². The summed E-state index contributed by atoms with van der Waals surface area (Å²) in [6.07, 6.45) is 1.55. The lowest BCUT2D eigenvalue weighted by molar-refractivity contribution is 0.276. The van der Waals surface area contributed by atoms with Crippen molar-refractivity contribution in [3.63, 3.8) is 0 Å². The van der Waals surface area contributed by atoms with Crippen molar-refractivity contribution in [2.24, 2.45) is 0 Å². The number of ether oxygens (including phenoxy) is 4. The van der Waals surface area contributed by atoms with Gasteiger partial charge in [-0.05, 0) is 147 Å². The molecule has 296 valence electrons. The van der Waals surface area contributed by atoms with Gasteiger partial charge in [-0.3, -0.25) is 0 Å². The van der Waals surface area contributed by atoms with Crippen molar-refractivity contribution in [3.8, 4) is 46.0 Å². The number of hydrogen-bond donors (Lipinski definition) is 2. The fraction of sp³-hybridized carbons (Fsp3) is 0.143. The van der Waals surface area contributed by atoms with Gasteiger partial charge >= 0.3 is 0 Å². The maximum atomic E-state index is 14.2. The van der Waals surface area contributed by atoms with E-state index in [-0.39, 0.29) is 76.2 Å². The van der Waals surface area contributed by atoms with Gasteiger partial charge in [0, 0.05) is 0 Å². The molecular formula is C42H38O12S3. The molecule has 2 N–H and O–H groups in total. The molecule has 0 unspecified atom stereocenters. The number of phenolic OH excluding ortho intramolecular Hbond substituents is 2. The Kier molecular flexibility index (Phi) is 12.1. The van der Waals surface area contributed by atoms with Crippen LogP contribution in [0, 0.1) is 0 Å². The van der Waals surface area contributed by atoms with Crippen LogP contribution in [-0.4, -0.2) is 48.7 Å². The smallest absolute Gasteiger partial charge is 0.212 e. The molecule has 12 nitrogen and oxygen atoms in total. The SMILES string of the molecule is CCCCOc1ccc(S(=O)(=O)c2ccc(Oc3ccc(S(=O)(=O)c4ccc(O)cc4)cc3)cc2)c(OCC)c1Oc1ccc(S(=O)(=O)c2ccc(O)cc2)cc1. The topological polar surface area (TPSA) is 180 Å². The second-order valence-corrected chi connectivity index (χ2v) is 18.3. The van der Waals surface area contributed by atoms with Gasteiger partial charge in [0.15, 0.2) is 11.5 Å². The molecule has 0 atom stereocenters. The van der Waals surface area contributed by atoms with Crippen LogP contribution in [0.4, 0.5) is 0 Å². The van der Waals surface area contributed by atoms with Crippen molar-refractivity contribution in [1.29, 1.82) is 0 Å². The first-order valence-corrected chi connectivity index (χ1v) is 22.1. The second kappa shape index (κ2) is 17.0. The van der Waals surface area contributed by atoms with E-state index in [0.717, 1.165) is 6.42 Å². The van der Waals surface area contributed by atoms with Gasteiger partial charge in [0.05, 0.1) is 37.7 Å². The van der Waals surface area contributed by atoms with Crippen LogP contribution in [0.15, 0.2) is 163 Å². The molecule has 0 aliphatic heterocycles. The summed E-state index contributed by atoms with van der Waals surface area (Å²) in [5, 5.41) is 19.1. The molecular weight excluding hydrogens is 793 g/mol. The summed E-state index contributed by atoms with van der Waals surface area (Å²) in [5.41, 5.74) is 0. The fourth-order valence-electron chi connectivity index (χ4n) is 5.52. The molecule has 0 bridgehead atoms. The predicted octanol–water partition coefficient (Wildman–Crippen LogP) is 8.76. The van der Waals surface area contributed by atoms with Gasteiger partial charge < -0.3 is 29.2 Å². The molecule has 0 aromatic heterocycles. The van der Waals surface area contributed by atoms with E-state index in [1.165, 1.54) is 133 Å². The fourth-order valence-corrected chi connectivity index (χ4v) is 9.43. The van der Waals surface area contributed by atoms with Crippen LogP contribution in [-0.2, 0) is 29.5 Å². The molecule has 6 rings (SSSR count). The van der Waals surface area contributed by atoms with Crippen molar-refractivity contribution in [2.75, 3.05) is 13.2 Å². The molecule has 0 fully saturated rings. The van der Waals surface area contributed by atoms with Gasteiger partial charge in [-0.2, -0.15) is 0 Å². The molecule has 6 aromatic carbocycles. The van der Waals surface area contributed by atoms with Crippen molar-refractivity contribution in [2.45, 2.75) is 56.1 Å². The van der Waals surface area contributed by atoms with Crippen LogP contribution in [0.2, 0.25) is 0 Å². The first-order valence-electron chi connectivity index (χ1n) is 17.7. The van der Waals surface area contributed by atoms with Gasteiger partial charge in [0.25, 0.3) is 0 Å². The predicted molar refractivity (Wildman–Crippen MR) is 210 cm³/mol. The summed E-state index contributed by atoms with van der Waals surface area (Å²) in [6.45, 7) is 4.07. The number of sulfone groups is 3. The molecule has 57 heavy (non-hydrogen) atoms. The van der Waals surface area contributed by atoms with E-state index < -0.39 is 29.5 Å². The van der Waals surface area contributed by atoms with E-state index in [9.17, 15) is 35.5 Å². The second-order valence-electron chi connectivity index (χ2n) is 12.5. The molecule has 15 heteroatoms. The molecule has 0 heterocycles. The zero-order valence-corrected chi connectivity index (χ0v) is 33.2. The third kappa shape index (κ3) is 9.01. The molecule has 6 aromatic rings. The minimum atomic E-state index is -4.24. The van der Waals surface area contributed by atoms with Crippen molar-refractivity contribution >= 4 is 29.5 Å². The van der Waals surface area contributed by atoms with Crippen LogP contribution in [0.3, 0.4) is 0 Å². The molecule has 0 aliphatic carbocycles. The van der Waals surface area contributed by atoms with Gasteiger partial charge in [-0.25, -0.2) is 25.3 Å². The zero-order chi connectivity index (χ0) is 40.8. The van der Waals surface area contributed by atoms with Crippen LogP contribution in [0.25, 0.3) is 0 Å². The average molecular weight is 831 g/mol. The Morgan fingerprint density at radius 2 is 0.825 bits per heavy atom. The Balaban J connectivity index is 1.26.